The Morgan fingerprint density at radius 3 is 2.70 bits per heavy atom. The summed E-state index contributed by atoms with van der Waals surface area (Å²) >= 11 is 0. The zero-order valence-electron chi connectivity index (χ0n) is 13.0. The number of hydrogen-bond acceptors (Lipinski definition) is 3. The molecule has 0 saturated carbocycles. The van der Waals surface area contributed by atoms with Crippen LogP contribution in [0.1, 0.15) is 12.0 Å². The fourth-order valence-electron chi connectivity index (χ4n) is 3.30. The van der Waals surface area contributed by atoms with Gasteiger partial charge in [-0.3, -0.25) is 0 Å². The lowest BCUT2D eigenvalue weighted by Crippen LogP contribution is -2.26. The van der Waals surface area contributed by atoms with Crippen LogP contribution < -0.4 is 10.6 Å². The Morgan fingerprint density at radius 2 is 2.00 bits per heavy atom. The van der Waals surface area contributed by atoms with Crippen LogP contribution in [0.15, 0.2) is 42.6 Å². The van der Waals surface area contributed by atoms with Crippen molar-refractivity contribution in [1.82, 2.24) is 9.78 Å². The summed E-state index contributed by atoms with van der Waals surface area (Å²) in [6.45, 7) is 4.01. The highest BCUT2D eigenvalue weighted by atomic mass is 19.1. The molecule has 5 heteroatoms. The summed E-state index contributed by atoms with van der Waals surface area (Å²) in [7, 11) is 0. The second-order valence-electron chi connectivity index (χ2n) is 6.23. The van der Waals surface area contributed by atoms with Gasteiger partial charge in [-0.25, -0.2) is 9.07 Å². The van der Waals surface area contributed by atoms with Crippen molar-refractivity contribution in [1.29, 1.82) is 0 Å². The molecule has 0 aliphatic carbocycles. The maximum Gasteiger partial charge on any atom is 0.123 e. The molecule has 0 bridgehead atoms. The van der Waals surface area contributed by atoms with Gasteiger partial charge in [0.15, 0.2) is 0 Å². The fourth-order valence-corrected chi connectivity index (χ4v) is 3.30. The highest BCUT2D eigenvalue weighted by Gasteiger charge is 2.21. The van der Waals surface area contributed by atoms with Crippen molar-refractivity contribution >= 4 is 16.6 Å². The van der Waals surface area contributed by atoms with E-state index in [4.69, 9.17) is 5.73 Å². The normalized spacial score (nSPS) is 18.0. The highest BCUT2D eigenvalue weighted by molar-refractivity contribution is 5.85. The highest BCUT2D eigenvalue weighted by Crippen LogP contribution is 2.30. The molecule has 0 amide bonds. The average molecular weight is 310 g/mol. The first-order valence-corrected chi connectivity index (χ1v) is 7.87. The standard InChI is InChI=1S/C18H19FN4/c1-12-8-18-13(9-17(12)22-7-6-15(20)11-22)10-21-23(18)16-4-2-14(19)3-5-16/h2-5,8-10,15H,6-7,11,20H2,1H3/t15-/m0/s1. The number of rotatable bonds is 2. The SMILES string of the molecule is Cc1cc2c(cnn2-c2ccc(F)cc2)cc1N1CC[C@H](N)C1. The van der Waals surface area contributed by atoms with E-state index in [2.05, 4.69) is 29.1 Å². The zero-order valence-corrected chi connectivity index (χ0v) is 13.0. The van der Waals surface area contributed by atoms with Gasteiger partial charge in [0, 0.05) is 30.2 Å². The minimum absolute atomic E-state index is 0.242. The lowest BCUT2D eigenvalue weighted by Gasteiger charge is -2.20. The summed E-state index contributed by atoms with van der Waals surface area (Å²) in [4.78, 5) is 2.34. The summed E-state index contributed by atoms with van der Waals surface area (Å²) in [5.74, 6) is -0.242. The summed E-state index contributed by atoms with van der Waals surface area (Å²) < 4.78 is 15.0. The fraction of sp³-hybridized carbons (Fsp3) is 0.278. The molecule has 3 aromatic rings. The molecule has 1 aliphatic heterocycles. The molecule has 4 rings (SSSR count). The third-order valence-electron chi connectivity index (χ3n) is 4.52. The summed E-state index contributed by atoms with van der Waals surface area (Å²) in [5, 5.41) is 5.55. The smallest absolute Gasteiger partial charge is 0.123 e. The Hall–Kier alpha value is -2.40. The number of aromatic nitrogens is 2. The summed E-state index contributed by atoms with van der Waals surface area (Å²) in [6.07, 6.45) is 2.89. The van der Waals surface area contributed by atoms with E-state index in [9.17, 15) is 4.39 Å². The predicted molar refractivity (Wildman–Crippen MR) is 90.6 cm³/mol. The molecule has 1 aromatic heterocycles. The number of nitrogens with two attached hydrogens (primary N) is 1. The first-order valence-electron chi connectivity index (χ1n) is 7.87. The number of aryl methyl sites for hydroxylation is 1. The van der Waals surface area contributed by atoms with E-state index in [-0.39, 0.29) is 11.9 Å². The molecule has 1 atom stereocenters. The third-order valence-corrected chi connectivity index (χ3v) is 4.52. The van der Waals surface area contributed by atoms with Gasteiger partial charge in [-0.15, -0.1) is 0 Å². The molecule has 1 fully saturated rings. The van der Waals surface area contributed by atoms with Crippen molar-refractivity contribution in [2.24, 2.45) is 5.73 Å². The van der Waals surface area contributed by atoms with Crippen molar-refractivity contribution < 1.29 is 4.39 Å². The zero-order chi connectivity index (χ0) is 16.0. The number of fused-ring (bicyclic) bond motifs is 1. The van der Waals surface area contributed by atoms with Gasteiger partial charge in [0.1, 0.15) is 5.82 Å². The number of benzene rings is 2. The Morgan fingerprint density at radius 1 is 1.22 bits per heavy atom. The van der Waals surface area contributed by atoms with Gasteiger partial charge in [0.2, 0.25) is 0 Å². The summed E-state index contributed by atoms with van der Waals surface area (Å²) in [5.41, 5.74) is 10.3. The monoisotopic (exact) mass is 310 g/mol. The molecule has 4 nitrogen and oxygen atoms in total. The van der Waals surface area contributed by atoms with Crippen molar-refractivity contribution in [3.63, 3.8) is 0 Å². The lowest BCUT2D eigenvalue weighted by atomic mass is 10.1. The van der Waals surface area contributed by atoms with Crippen LogP contribution in [-0.4, -0.2) is 28.9 Å². The van der Waals surface area contributed by atoms with Crippen LogP contribution in [-0.2, 0) is 0 Å². The van der Waals surface area contributed by atoms with Crippen LogP contribution in [0.5, 0.6) is 0 Å². The molecule has 1 aliphatic rings. The molecular weight excluding hydrogens is 291 g/mol. The molecule has 0 spiro atoms. The molecule has 2 N–H and O–H groups in total. The number of anilines is 1. The van der Waals surface area contributed by atoms with Gasteiger partial charge in [-0.05, 0) is 55.3 Å². The average Bonchev–Trinajstić information content (AvgIpc) is 3.13. The van der Waals surface area contributed by atoms with E-state index < -0.39 is 0 Å². The molecule has 0 unspecified atom stereocenters. The molecule has 118 valence electrons. The van der Waals surface area contributed by atoms with E-state index >= 15 is 0 Å². The maximum absolute atomic E-state index is 13.1. The molecular formula is C18H19FN4. The van der Waals surface area contributed by atoms with Crippen LogP contribution >= 0.6 is 0 Å². The van der Waals surface area contributed by atoms with Crippen LogP contribution in [0.3, 0.4) is 0 Å². The van der Waals surface area contributed by atoms with Gasteiger partial charge < -0.3 is 10.6 Å². The van der Waals surface area contributed by atoms with Crippen molar-refractivity contribution in [2.45, 2.75) is 19.4 Å². The Balaban J connectivity index is 1.78. The number of hydrogen-bond donors (Lipinski definition) is 1. The molecule has 2 aromatic carbocycles. The van der Waals surface area contributed by atoms with Crippen LogP contribution in [0.4, 0.5) is 10.1 Å². The molecule has 23 heavy (non-hydrogen) atoms. The minimum atomic E-state index is -0.242. The van der Waals surface area contributed by atoms with Crippen LogP contribution in [0, 0.1) is 12.7 Å². The molecule has 0 radical (unpaired) electrons. The van der Waals surface area contributed by atoms with E-state index in [1.165, 1.54) is 23.4 Å². The van der Waals surface area contributed by atoms with Crippen molar-refractivity contribution in [2.75, 3.05) is 18.0 Å². The van der Waals surface area contributed by atoms with Gasteiger partial charge in [-0.2, -0.15) is 5.10 Å². The number of halogens is 1. The van der Waals surface area contributed by atoms with E-state index in [0.717, 1.165) is 36.1 Å². The molecule has 1 saturated heterocycles. The largest absolute Gasteiger partial charge is 0.370 e. The van der Waals surface area contributed by atoms with Gasteiger partial charge in [-0.1, -0.05) is 0 Å². The van der Waals surface area contributed by atoms with E-state index in [1.807, 2.05) is 10.9 Å². The van der Waals surface area contributed by atoms with Crippen molar-refractivity contribution in [3.8, 4) is 5.69 Å². The predicted octanol–water partition coefficient (Wildman–Crippen LogP) is 3.01. The topological polar surface area (TPSA) is 47.1 Å². The van der Waals surface area contributed by atoms with Gasteiger partial charge >= 0.3 is 0 Å². The quantitative estimate of drug-likeness (QED) is 0.791. The Bertz CT molecular complexity index is 853. The second-order valence-corrected chi connectivity index (χ2v) is 6.23. The maximum atomic E-state index is 13.1. The van der Waals surface area contributed by atoms with Crippen LogP contribution in [0.2, 0.25) is 0 Å². The van der Waals surface area contributed by atoms with E-state index in [0.29, 0.717) is 0 Å². The van der Waals surface area contributed by atoms with Gasteiger partial charge in [0.25, 0.3) is 0 Å². The lowest BCUT2D eigenvalue weighted by molar-refractivity contribution is 0.627. The first-order chi connectivity index (χ1) is 11.1. The van der Waals surface area contributed by atoms with Crippen molar-refractivity contribution in [3.05, 3.63) is 54.0 Å². The Labute approximate surface area is 134 Å². The number of nitrogens with zero attached hydrogens (tertiary/aromatic N) is 3. The Kier molecular flexibility index (Phi) is 3.31. The second kappa shape index (κ2) is 5.35. The minimum Gasteiger partial charge on any atom is -0.370 e. The summed E-state index contributed by atoms with van der Waals surface area (Å²) in [6, 6.07) is 11.0. The first kappa shape index (κ1) is 14.2. The third kappa shape index (κ3) is 2.47. The van der Waals surface area contributed by atoms with Crippen LogP contribution in [0.25, 0.3) is 16.6 Å². The van der Waals surface area contributed by atoms with E-state index in [1.54, 1.807) is 12.1 Å². The molecule has 2 heterocycles. The van der Waals surface area contributed by atoms with Gasteiger partial charge in [0.05, 0.1) is 17.4 Å².